The topological polar surface area (TPSA) is 58.6 Å². The maximum absolute atomic E-state index is 11.2. The molecule has 1 saturated heterocycles. The number of carbonyl (C=O) groups is 2. The van der Waals surface area contributed by atoms with Gasteiger partial charge in [-0.15, -0.1) is 0 Å². The first kappa shape index (κ1) is 8.99. The van der Waals surface area contributed by atoms with Gasteiger partial charge in [0.1, 0.15) is 0 Å². The molecule has 12 heavy (non-hydrogen) atoms. The molecule has 0 bridgehead atoms. The molecule has 1 rings (SSSR count). The number of nitrogens with one attached hydrogen (secondary N) is 1. The van der Waals surface area contributed by atoms with E-state index in [0.717, 1.165) is 0 Å². The summed E-state index contributed by atoms with van der Waals surface area (Å²) < 4.78 is 4.72. The fraction of sp³-hybridized carbons (Fsp3) is 0.714. The van der Waals surface area contributed by atoms with Crippen LogP contribution in [-0.2, 0) is 14.3 Å². The van der Waals surface area contributed by atoms with Gasteiger partial charge in [0.15, 0.2) is 5.92 Å². The van der Waals surface area contributed by atoms with Gasteiger partial charge in [-0.2, -0.15) is 0 Å². The summed E-state index contributed by atoms with van der Waals surface area (Å²) in [5.74, 6) is -1.33. The molecular weight excluding hydrogens is 160 g/mol. The fourth-order valence-electron chi connectivity index (χ4n) is 1.05. The second-order valence-electron chi connectivity index (χ2n) is 2.56. The average molecular weight is 172 g/mol. The van der Waals surface area contributed by atoms with Gasteiger partial charge in [-0.05, 0) is 6.92 Å². The van der Waals surface area contributed by atoms with E-state index in [1.54, 1.807) is 14.0 Å². The number of ether oxygens (including phenoxy) is 1. The first-order valence-electron chi connectivity index (χ1n) is 3.84. The van der Waals surface area contributed by atoms with E-state index in [1.807, 2.05) is 0 Å². The van der Waals surface area contributed by atoms with E-state index in [-0.39, 0.29) is 5.91 Å². The van der Waals surface area contributed by atoms with Crippen LogP contribution in [0.4, 0.5) is 0 Å². The third-order valence-electron chi connectivity index (χ3n) is 1.73. The molecular formula is C7H12N2O3. The van der Waals surface area contributed by atoms with Gasteiger partial charge in [-0.1, -0.05) is 0 Å². The standard InChI is InChI=1S/C7H12N2O3/c1-3-12-7(11)5-4-8-9(2)6(5)10/h5,8H,3-4H2,1-2H3. The Hall–Kier alpha value is -1.10. The molecule has 1 fully saturated rings. The van der Waals surface area contributed by atoms with E-state index in [0.29, 0.717) is 13.2 Å². The molecule has 1 aliphatic heterocycles. The van der Waals surface area contributed by atoms with Crippen molar-refractivity contribution in [2.24, 2.45) is 5.92 Å². The highest BCUT2D eigenvalue weighted by molar-refractivity contribution is 5.99. The third kappa shape index (κ3) is 1.55. The summed E-state index contributed by atoms with van der Waals surface area (Å²) in [6.45, 7) is 2.37. The molecule has 1 aliphatic rings. The highest BCUT2D eigenvalue weighted by atomic mass is 16.5. The Morgan fingerprint density at radius 2 is 2.50 bits per heavy atom. The Bertz CT molecular complexity index is 205. The number of nitrogens with zero attached hydrogens (tertiary/aromatic N) is 1. The number of hydrazine groups is 1. The number of hydrogen-bond donors (Lipinski definition) is 1. The Morgan fingerprint density at radius 1 is 1.83 bits per heavy atom. The lowest BCUT2D eigenvalue weighted by Gasteiger charge is -2.07. The van der Waals surface area contributed by atoms with Crippen LogP contribution in [0.3, 0.4) is 0 Å². The molecule has 5 nitrogen and oxygen atoms in total. The van der Waals surface area contributed by atoms with Crippen LogP contribution in [0.2, 0.25) is 0 Å². The molecule has 1 N–H and O–H groups in total. The second-order valence-corrected chi connectivity index (χ2v) is 2.56. The second kappa shape index (κ2) is 3.53. The van der Waals surface area contributed by atoms with Crippen LogP contribution in [0, 0.1) is 5.92 Å². The largest absolute Gasteiger partial charge is 0.465 e. The monoisotopic (exact) mass is 172 g/mol. The first-order valence-corrected chi connectivity index (χ1v) is 3.84. The van der Waals surface area contributed by atoms with Gasteiger partial charge in [-0.25, -0.2) is 5.43 Å². The molecule has 0 spiro atoms. The van der Waals surface area contributed by atoms with Crippen LogP contribution >= 0.6 is 0 Å². The van der Waals surface area contributed by atoms with Crippen LogP contribution in [0.25, 0.3) is 0 Å². The van der Waals surface area contributed by atoms with E-state index in [4.69, 9.17) is 4.74 Å². The van der Waals surface area contributed by atoms with Crippen LogP contribution in [-0.4, -0.2) is 37.1 Å². The number of rotatable bonds is 2. The van der Waals surface area contributed by atoms with E-state index < -0.39 is 11.9 Å². The summed E-state index contributed by atoms with van der Waals surface area (Å²) in [6.07, 6.45) is 0. The summed E-state index contributed by atoms with van der Waals surface area (Å²) in [5.41, 5.74) is 2.74. The highest BCUT2D eigenvalue weighted by Crippen LogP contribution is 2.08. The van der Waals surface area contributed by atoms with Crippen molar-refractivity contribution < 1.29 is 14.3 Å². The quantitative estimate of drug-likeness (QED) is 0.435. The zero-order valence-corrected chi connectivity index (χ0v) is 7.16. The number of carbonyl (C=O) groups excluding carboxylic acids is 2. The van der Waals surface area contributed by atoms with Crippen molar-refractivity contribution in [3.05, 3.63) is 0 Å². The third-order valence-corrected chi connectivity index (χ3v) is 1.73. The van der Waals surface area contributed by atoms with Crippen LogP contribution in [0.5, 0.6) is 0 Å². The van der Waals surface area contributed by atoms with Gasteiger partial charge in [-0.3, -0.25) is 14.6 Å². The average Bonchev–Trinajstić information content (AvgIpc) is 2.34. The van der Waals surface area contributed by atoms with Crippen LogP contribution in [0.1, 0.15) is 6.92 Å². The smallest absolute Gasteiger partial charge is 0.319 e. The van der Waals surface area contributed by atoms with Crippen LogP contribution < -0.4 is 5.43 Å². The molecule has 68 valence electrons. The zero-order chi connectivity index (χ0) is 9.14. The molecule has 0 aliphatic carbocycles. The van der Waals surface area contributed by atoms with E-state index in [9.17, 15) is 9.59 Å². The van der Waals surface area contributed by atoms with Crippen LogP contribution in [0.15, 0.2) is 0 Å². The van der Waals surface area contributed by atoms with Crippen molar-refractivity contribution in [1.82, 2.24) is 10.4 Å². The number of hydrogen-bond acceptors (Lipinski definition) is 4. The molecule has 0 aromatic heterocycles. The fourth-order valence-corrected chi connectivity index (χ4v) is 1.05. The van der Waals surface area contributed by atoms with Crippen molar-refractivity contribution in [2.45, 2.75) is 6.92 Å². The lowest BCUT2D eigenvalue weighted by atomic mass is 10.1. The molecule has 0 aromatic rings. The first-order chi connectivity index (χ1) is 5.66. The molecule has 1 atom stereocenters. The maximum Gasteiger partial charge on any atom is 0.319 e. The van der Waals surface area contributed by atoms with Gasteiger partial charge in [0, 0.05) is 13.6 Å². The minimum absolute atomic E-state index is 0.228. The van der Waals surface area contributed by atoms with Gasteiger partial charge in [0.25, 0.3) is 5.91 Å². The normalized spacial score (nSPS) is 23.0. The lowest BCUT2D eigenvalue weighted by Crippen LogP contribution is -2.31. The summed E-state index contributed by atoms with van der Waals surface area (Å²) in [5, 5.41) is 1.31. The molecule has 1 heterocycles. The van der Waals surface area contributed by atoms with Crippen molar-refractivity contribution in [3.63, 3.8) is 0 Å². The summed E-state index contributed by atoms with van der Waals surface area (Å²) >= 11 is 0. The van der Waals surface area contributed by atoms with Crippen molar-refractivity contribution >= 4 is 11.9 Å². The summed E-state index contributed by atoms with van der Waals surface area (Å²) in [4.78, 5) is 22.3. The van der Waals surface area contributed by atoms with E-state index >= 15 is 0 Å². The number of esters is 1. The van der Waals surface area contributed by atoms with E-state index in [1.165, 1.54) is 5.01 Å². The van der Waals surface area contributed by atoms with Crippen molar-refractivity contribution in [2.75, 3.05) is 20.2 Å². The minimum atomic E-state index is -0.657. The molecule has 0 radical (unpaired) electrons. The predicted molar refractivity (Wildman–Crippen MR) is 40.9 cm³/mol. The van der Waals surface area contributed by atoms with Gasteiger partial charge < -0.3 is 4.74 Å². The Balaban J connectivity index is 2.53. The molecule has 5 heteroatoms. The Labute approximate surface area is 70.6 Å². The SMILES string of the molecule is CCOC(=O)C1CNN(C)C1=O. The Kier molecular flexibility index (Phi) is 2.65. The zero-order valence-electron chi connectivity index (χ0n) is 7.16. The highest BCUT2D eigenvalue weighted by Gasteiger charge is 2.35. The number of amides is 1. The predicted octanol–water partition coefficient (Wildman–Crippen LogP) is -0.858. The summed E-state index contributed by atoms with van der Waals surface area (Å²) in [6, 6.07) is 0. The van der Waals surface area contributed by atoms with Crippen molar-refractivity contribution in [1.29, 1.82) is 0 Å². The molecule has 1 unspecified atom stereocenters. The maximum atomic E-state index is 11.2. The molecule has 0 saturated carbocycles. The van der Waals surface area contributed by atoms with Gasteiger partial charge >= 0.3 is 5.97 Å². The minimum Gasteiger partial charge on any atom is -0.465 e. The van der Waals surface area contributed by atoms with Crippen molar-refractivity contribution in [3.8, 4) is 0 Å². The van der Waals surface area contributed by atoms with Gasteiger partial charge in [0.05, 0.1) is 6.61 Å². The summed E-state index contributed by atoms with van der Waals surface area (Å²) in [7, 11) is 1.58. The molecule has 0 aromatic carbocycles. The van der Waals surface area contributed by atoms with E-state index in [2.05, 4.69) is 5.43 Å². The molecule has 1 amide bonds. The van der Waals surface area contributed by atoms with Gasteiger partial charge in [0.2, 0.25) is 0 Å². The Morgan fingerprint density at radius 3 is 2.92 bits per heavy atom. The lowest BCUT2D eigenvalue weighted by molar-refractivity contribution is -0.151.